The molecular formula is C16H22F2O. The molecule has 1 nitrogen and oxygen atoms in total. The fraction of sp³-hybridized carbons (Fsp3) is 0.625. The predicted molar refractivity (Wildman–Crippen MR) is 72.5 cm³/mol. The molecule has 19 heavy (non-hydrogen) atoms. The van der Waals surface area contributed by atoms with E-state index in [4.69, 9.17) is 0 Å². The molecule has 1 atom stereocenters. The molecule has 0 amide bonds. The largest absolute Gasteiger partial charge is 0.392 e. The summed E-state index contributed by atoms with van der Waals surface area (Å²) in [6.45, 7) is 4.05. The summed E-state index contributed by atoms with van der Waals surface area (Å²) >= 11 is 0. The van der Waals surface area contributed by atoms with Gasteiger partial charge in [-0.2, -0.15) is 0 Å². The van der Waals surface area contributed by atoms with Gasteiger partial charge in [-0.15, -0.1) is 0 Å². The normalized spacial score (nSPS) is 21.3. The van der Waals surface area contributed by atoms with Gasteiger partial charge >= 0.3 is 0 Å². The number of halogens is 2. The molecule has 1 aromatic carbocycles. The van der Waals surface area contributed by atoms with Crippen LogP contribution >= 0.6 is 0 Å². The molecule has 0 spiro atoms. The molecule has 0 bridgehead atoms. The van der Waals surface area contributed by atoms with E-state index >= 15 is 0 Å². The van der Waals surface area contributed by atoms with E-state index in [9.17, 15) is 13.9 Å². The molecule has 1 unspecified atom stereocenters. The molecule has 2 rings (SSSR count). The molecule has 0 heterocycles. The maximum atomic E-state index is 13.1. The van der Waals surface area contributed by atoms with E-state index in [1.165, 1.54) is 5.56 Å². The van der Waals surface area contributed by atoms with Crippen LogP contribution in [0.1, 0.15) is 42.4 Å². The monoisotopic (exact) mass is 268 g/mol. The minimum absolute atomic E-state index is 0.0135. The number of benzene rings is 1. The summed E-state index contributed by atoms with van der Waals surface area (Å²) in [5, 5.41) is 10.3. The summed E-state index contributed by atoms with van der Waals surface area (Å²) in [6.07, 6.45) is 0.766. The first-order valence-electron chi connectivity index (χ1n) is 6.99. The first-order chi connectivity index (χ1) is 8.87. The third kappa shape index (κ3) is 3.75. The topological polar surface area (TPSA) is 20.2 Å². The van der Waals surface area contributed by atoms with Gasteiger partial charge in [-0.3, -0.25) is 0 Å². The minimum atomic E-state index is -2.52. The van der Waals surface area contributed by atoms with Crippen molar-refractivity contribution in [2.75, 3.05) is 0 Å². The fourth-order valence-electron chi connectivity index (χ4n) is 2.86. The Kier molecular flexibility index (Phi) is 4.24. The van der Waals surface area contributed by atoms with Crippen LogP contribution in [0.2, 0.25) is 0 Å². The Morgan fingerprint density at radius 3 is 2.53 bits per heavy atom. The van der Waals surface area contributed by atoms with E-state index in [2.05, 4.69) is 6.07 Å². The van der Waals surface area contributed by atoms with E-state index in [1.807, 2.05) is 26.0 Å². The van der Waals surface area contributed by atoms with E-state index < -0.39 is 12.0 Å². The van der Waals surface area contributed by atoms with Crippen LogP contribution in [-0.4, -0.2) is 17.1 Å². The lowest BCUT2D eigenvalue weighted by atomic mass is 9.81. The van der Waals surface area contributed by atoms with Crippen molar-refractivity contribution >= 4 is 0 Å². The van der Waals surface area contributed by atoms with Gasteiger partial charge in [0.05, 0.1) is 6.10 Å². The van der Waals surface area contributed by atoms with Gasteiger partial charge in [0, 0.05) is 12.8 Å². The van der Waals surface area contributed by atoms with Crippen molar-refractivity contribution in [1.29, 1.82) is 0 Å². The van der Waals surface area contributed by atoms with E-state index in [0.717, 1.165) is 11.1 Å². The quantitative estimate of drug-likeness (QED) is 0.877. The Balaban J connectivity index is 1.98. The molecule has 1 aromatic rings. The predicted octanol–water partition coefficient (Wildman–Crippen LogP) is 4.03. The number of alkyl halides is 2. The average Bonchev–Trinajstić information content (AvgIpc) is 2.33. The molecule has 3 heteroatoms. The first-order valence-corrected chi connectivity index (χ1v) is 6.99. The van der Waals surface area contributed by atoms with Crippen molar-refractivity contribution in [1.82, 2.24) is 0 Å². The van der Waals surface area contributed by atoms with Gasteiger partial charge in [-0.1, -0.05) is 23.8 Å². The van der Waals surface area contributed by atoms with Crippen molar-refractivity contribution in [3.63, 3.8) is 0 Å². The molecule has 1 saturated carbocycles. The zero-order valence-electron chi connectivity index (χ0n) is 11.6. The fourth-order valence-corrected chi connectivity index (χ4v) is 2.86. The zero-order valence-corrected chi connectivity index (χ0v) is 11.6. The highest BCUT2D eigenvalue weighted by Gasteiger charge is 2.37. The van der Waals surface area contributed by atoms with Crippen LogP contribution in [-0.2, 0) is 6.42 Å². The lowest BCUT2D eigenvalue weighted by molar-refractivity contribution is -0.0619. The summed E-state index contributed by atoms with van der Waals surface area (Å²) in [5.41, 5.74) is 3.46. The number of aliphatic hydroxyl groups is 1. The third-order valence-electron chi connectivity index (χ3n) is 4.24. The molecular weight excluding hydrogens is 246 g/mol. The van der Waals surface area contributed by atoms with Gasteiger partial charge < -0.3 is 5.11 Å². The lowest BCUT2D eigenvalue weighted by Gasteiger charge is -2.31. The lowest BCUT2D eigenvalue weighted by Crippen LogP contribution is -2.32. The molecule has 0 radical (unpaired) electrons. The molecule has 0 saturated heterocycles. The van der Waals surface area contributed by atoms with Crippen LogP contribution in [0.3, 0.4) is 0 Å². The Labute approximate surface area is 113 Å². The van der Waals surface area contributed by atoms with Gasteiger partial charge in [0.15, 0.2) is 0 Å². The number of rotatable bonds is 3. The second kappa shape index (κ2) is 5.58. The molecule has 106 valence electrons. The highest BCUT2D eigenvalue weighted by molar-refractivity contribution is 5.31. The van der Waals surface area contributed by atoms with Crippen LogP contribution in [0, 0.1) is 19.8 Å². The van der Waals surface area contributed by atoms with Crippen molar-refractivity contribution in [2.24, 2.45) is 5.92 Å². The number of hydrogen-bond acceptors (Lipinski definition) is 1. The molecule has 1 N–H and O–H groups in total. The maximum absolute atomic E-state index is 13.1. The molecule has 1 aliphatic carbocycles. The van der Waals surface area contributed by atoms with Crippen LogP contribution in [0.25, 0.3) is 0 Å². The molecule has 0 aromatic heterocycles. The summed E-state index contributed by atoms with van der Waals surface area (Å²) in [6, 6.07) is 6.18. The highest BCUT2D eigenvalue weighted by Crippen LogP contribution is 2.38. The standard InChI is InChI=1S/C16H22F2O/c1-11-3-4-12(2)14(9-11)10-15(19)13-5-7-16(17,18)8-6-13/h3-4,9,13,15,19H,5-8,10H2,1-2H3. The van der Waals surface area contributed by atoms with Gasteiger partial charge in [-0.05, 0) is 50.2 Å². The van der Waals surface area contributed by atoms with Gasteiger partial charge in [0.1, 0.15) is 0 Å². The Bertz CT molecular complexity index is 432. The van der Waals surface area contributed by atoms with E-state index in [-0.39, 0.29) is 18.8 Å². The van der Waals surface area contributed by atoms with Crippen molar-refractivity contribution in [3.8, 4) is 0 Å². The van der Waals surface area contributed by atoms with Gasteiger partial charge in [0.25, 0.3) is 0 Å². The van der Waals surface area contributed by atoms with Crippen LogP contribution in [0.5, 0.6) is 0 Å². The Morgan fingerprint density at radius 2 is 1.89 bits per heavy atom. The zero-order chi connectivity index (χ0) is 14.0. The first kappa shape index (κ1) is 14.4. The second-order valence-electron chi connectivity index (χ2n) is 5.89. The summed E-state index contributed by atoms with van der Waals surface area (Å²) < 4.78 is 26.2. The summed E-state index contributed by atoms with van der Waals surface area (Å²) in [5.74, 6) is -2.50. The SMILES string of the molecule is Cc1ccc(C)c(CC(O)C2CCC(F)(F)CC2)c1. The number of hydrogen-bond donors (Lipinski definition) is 1. The van der Waals surface area contributed by atoms with Crippen molar-refractivity contribution in [3.05, 3.63) is 34.9 Å². The summed E-state index contributed by atoms with van der Waals surface area (Å²) in [4.78, 5) is 0. The Morgan fingerprint density at radius 1 is 1.26 bits per heavy atom. The molecule has 0 aliphatic heterocycles. The van der Waals surface area contributed by atoms with Crippen LogP contribution in [0.4, 0.5) is 8.78 Å². The Hall–Kier alpha value is -0.960. The summed E-state index contributed by atoms with van der Waals surface area (Å²) in [7, 11) is 0. The van der Waals surface area contributed by atoms with Crippen LogP contribution in [0.15, 0.2) is 18.2 Å². The average molecular weight is 268 g/mol. The smallest absolute Gasteiger partial charge is 0.248 e. The second-order valence-corrected chi connectivity index (χ2v) is 5.89. The van der Waals surface area contributed by atoms with Crippen LogP contribution < -0.4 is 0 Å². The van der Waals surface area contributed by atoms with Gasteiger partial charge in [0.2, 0.25) is 5.92 Å². The molecule has 1 aliphatic rings. The number of aryl methyl sites for hydroxylation is 2. The third-order valence-corrected chi connectivity index (χ3v) is 4.24. The molecule has 1 fully saturated rings. The highest BCUT2D eigenvalue weighted by atomic mass is 19.3. The van der Waals surface area contributed by atoms with Crippen molar-refractivity contribution in [2.45, 2.75) is 58.0 Å². The van der Waals surface area contributed by atoms with Gasteiger partial charge in [-0.25, -0.2) is 8.78 Å². The number of aliphatic hydroxyl groups excluding tert-OH is 1. The van der Waals surface area contributed by atoms with E-state index in [1.54, 1.807) is 0 Å². The van der Waals surface area contributed by atoms with Crippen molar-refractivity contribution < 1.29 is 13.9 Å². The van der Waals surface area contributed by atoms with E-state index in [0.29, 0.717) is 19.3 Å². The minimum Gasteiger partial charge on any atom is -0.392 e. The maximum Gasteiger partial charge on any atom is 0.248 e.